The lowest BCUT2D eigenvalue weighted by Crippen LogP contribution is -2.39. The highest BCUT2D eigenvalue weighted by Gasteiger charge is 2.23. The number of rotatable bonds is 4. The van der Waals surface area contributed by atoms with Crippen LogP contribution in [-0.4, -0.2) is 38.1 Å². The van der Waals surface area contributed by atoms with Crippen LogP contribution in [0, 0.1) is 11.8 Å². The van der Waals surface area contributed by atoms with Crippen LogP contribution in [0.15, 0.2) is 0 Å². The Kier molecular flexibility index (Phi) is 4.90. The first-order valence-electron chi connectivity index (χ1n) is 5.97. The Morgan fingerprint density at radius 1 is 1.14 bits per heavy atom. The van der Waals surface area contributed by atoms with E-state index in [9.17, 15) is 0 Å². The molecule has 14 heavy (non-hydrogen) atoms. The molecular formula is C12H26N2. The van der Waals surface area contributed by atoms with E-state index in [0.717, 1.165) is 31.0 Å². The van der Waals surface area contributed by atoms with Crippen LogP contribution in [0.2, 0.25) is 0 Å². The van der Waals surface area contributed by atoms with E-state index in [0.29, 0.717) is 0 Å². The number of likely N-dealkylation sites (N-methyl/N-ethyl adjacent to an activating group) is 1. The van der Waals surface area contributed by atoms with Gasteiger partial charge < -0.3 is 10.2 Å². The molecule has 2 nitrogen and oxygen atoms in total. The van der Waals surface area contributed by atoms with Gasteiger partial charge in [-0.2, -0.15) is 0 Å². The van der Waals surface area contributed by atoms with Crippen molar-refractivity contribution in [3.8, 4) is 0 Å². The zero-order valence-electron chi connectivity index (χ0n) is 10.2. The summed E-state index contributed by atoms with van der Waals surface area (Å²) in [6, 6.07) is 0.779. The highest BCUT2D eigenvalue weighted by molar-refractivity contribution is 4.79. The highest BCUT2D eigenvalue weighted by Crippen LogP contribution is 2.29. The molecular weight excluding hydrogens is 172 g/mol. The van der Waals surface area contributed by atoms with Crippen molar-refractivity contribution in [2.45, 2.75) is 39.2 Å². The van der Waals surface area contributed by atoms with Crippen LogP contribution in [0.3, 0.4) is 0 Å². The molecule has 0 aromatic rings. The molecule has 1 N–H and O–H groups in total. The van der Waals surface area contributed by atoms with Gasteiger partial charge >= 0.3 is 0 Å². The predicted molar refractivity (Wildman–Crippen MR) is 62.5 cm³/mol. The van der Waals surface area contributed by atoms with E-state index in [1.807, 2.05) is 0 Å². The summed E-state index contributed by atoms with van der Waals surface area (Å²) in [5, 5.41) is 3.66. The van der Waals surface area contributed by atoms with E-state index in [2.05, 4.69) is 38.2 Å². The van der Waals surface area contributed by atoms with Crippen molar-refractivity contribution in [2.24, 2.45) is 11.8 Å². The van der Waals surface area contributed by atoms with Crippen LogP contribution in [0.25, 0.3) is 0 Å². The van der Waals surface area contributed by atoms with Gasteiger partial charge in [-0.1, -0.05) is 13.8 Å². The molecule has 1 fully saturated rings. The standard InChI is InChI=1S/C12H26N2/c1-10-5-6-12(9-11(10)2)13-7-8-14(3)4/h10-13H,5-9H2,1-4H3. The van der Waals surface area contributed by atoms with E-state index >= 15 is 0 Å². The molecule has 1 aliphatic rings. The summed E-state index contributed by atoms with van der Waals surface area (Å²) in [7, 11) is 4.26. The molecule has 2 heteroatoms. The molecule has 1 aliphatic carbocycles. The molecule has 1 saturated carbocycles. The minimum absolute atomic E-state index is 0.779. The monoisotopic (exact) mass is 198 g/mol. The minimum atomic E-state index is 0.779. The van der Waals surface area contributed by atoms with Gasteiger partial charge in [-0.3, -0.25) is 0 Å². The number of hydrogen-bond donors (Lipinski definition) is 1. The van der Waals surface area contributed by atoms with Gasteiger partial charge in [0.1, 0.15) is 0 Å². The fourth-order valence-electron chi connectivity index (χ4n) is 2.23. The zero-order chi connectivity index (χ0) is 10.6. The van der Waals surface area contributed by atoms with E-state index in [1.54, 1.807) is 0 Å². The molecule has 0 radical (unpaired) electrons. The first kappa shape index (κ1) is 12.0. The molecule has 0 spiro atoms. The number of hydrogen-bond acceptors (Lipinski definition) is 2. The first-order chi connectivity index (χ1) is 6.59. The maximum absolute atomic E-state index is 3.66. The van der Waals surface area contributed by atoms with Crippen molar-refractivity contribution in [2.75, 3.05) is 27.2 Å². The lowest BCUT2D eigenvalue weighted by atomic mass is 9.79. The normalized spacial score (nSPS) is 33.6. The van der Waals surface area contributed by atoms with Crippen molar-refractivity contribution in [1.82, 2.24) is 10.2 Å². The van der Waals surface area contributed by atoms with Crippen molar-refractivity contribution < 1.29 is 0 Å². The van der Waals surface area contributed by atoms with E-state index in [-0.39, 0.29) is 0 Å². The van der Waals surface area contributed by atoms with Gasteiger partial charge in [0.25, 0.3) is 0 Å². The fourth-order valence-corrected chi connectivity index (χ4v) is 2.23. The smallest absolute Gasteiger partial charge is 0.0101 e. The third-order valence-electron chi connectivity index (χ3n) is 3.59. The second-order valence-corrected chi connectivity index (χ2v) is 5.22. The topological polar surface area (TPSA) is 15.3 Å². The average molecular weight is 198 g/mol. The summed E-state index contributed by atoms with van der Waals surface area (Å²) < 4.78 is 0. The Bertz CT molecular complexity index is 156. The van der Waals surface area contributed by atoms with Crippen molar-refractivity contribution in [3.63, 3.8) is 0 Å². The molecule has 0 aliphatic heterocycles. The first-order valence-corrected chi connectivity index (χ1v) is 5.97. The SMILES string of the molecule is CC1CCC(NCCN(C)C)CC1C. The zero-order valence-corrected chi connectivity index (χ0v) is 10.2. The summed E-state index contributed by atoms with van der Waals surface area (Å²) in [5.41, 5.74) is 0. The summed E-state index contributed by atoms with van der Waals surface area (Å²) in [6.07, 6.45) is 4.15. The minimum Gasteiger partial charge on any atom is -0.313 e. The van der Waals surface area contributed by atoms with E-state index < -0.39 is 0 Å². The Morgan fingerprint density at radius 3 is 2.43 bits per heavy atom. The quantitative estimate of drug-likeness (QED) is 0.743. The molecule has 0 aromatic carbocycles. The van der Waals surface area contributed by atoms with Crippen LogP contribution in [0.4, 0.5) is 0 Å². The maximum Gasteiger partial charge on any atom is 0.0101 e. The summed E-state index contributed by atoms with van der Waals surface area (Å²) in [6.45, 7) is 7.07. The predicted octanol–water partition coefficient (Wildman–Crippen LogP) is 1.96. The van der Waals surface area contributed by atoms with Crippen LogP contribution in [-0.2, 0) is 0 Å². The van der Waals surface area contributed by atoms with E-state index in [4.69, 9.17) is 0 Å². The third-order valence-corrected chi connectivity index (χ3v) is 3.59. The van der Waals surface area contributed by atoms with Crippen molar-refractivity contribution in [1.29, 1.82) is 0 Å². The van der Waals surface area contributed by atoms with Crippen molar-refractivity contribution in [3.05, 3.63) is 0 Å². The van der Waals surface area contributed by atoms with Crippen LogP contribution >= 0.6 is 0 Å². The van der Waals surface area contributed by atoms with Gasteiger partial charge in [0.05, 0.1) is 0 Å². The molecule has 0 saturated heterocycles. The number of nitrogens with zero attached hydrogens (tertiary/aromatic N) is 1. The molecule has 0 aromatic heterocycles. The van der Waals surface area contributed by atoms with E-state index in [1.165, 1.54) is 19.3 Å². The molecule has 1 rings (SSSR count). The Morgan fingerprint density at radius 2 is 1.86 bits per heavy atom. The molecule has 0 amide bonds. The second-order valence-electron chi connectivity index (χ2n) is 5.22. The molecule has 0 bridgehead atoms. The Hall–Kier alpha value is -0.0800. The van der Waals surface area contributed by atoms with Crippen molar-refractivity contribution >= 4 is 0 Å². The Balaban J connectivity index is 2.13. The Labute approximate surface area is 89.1 Å². The van der Waals surface area contributed by atoms with Crippen LogP contribution in [0.1, 0.15) is 33.1 Å². The maximum atomic E-state index is 3.66. The molecule has 3 atom stereocenters. The van der Waals surface area contributed by atoms with Crippen LogP contribution < -0.4 is 5.32 Å². The largest absolute Gasteiger partial charge is 0.313 e. The number of nitrogens with one attached hydrogen (secondary N) is 1. The fraction of sp³-hybridized carbons (Fsp3) is 1.00. The lowest BCUT2D eigenvalue weighted by Gasteiger charge is -2.32. The lowest BCUT2D eigenvalue weighted by molar-refractivity contribution is 0.223. The van der Waals surface area contributed by atoms with Gasteiger partial charge in [0.2, 0.25) is 0 Å². The third kappa shape index (κ3) is 3.97. The summed E-state index contributed by atoms with van der Waals surface area (Å²) >= 11 is 0. The molecule has 84 valence electrons. The average Bonchev–Trinajstić information content (AvgIpc) is 2.10. The summed E-state index contributed by atoms with van der Waals surface area (Å²) in [5.74, 6) is 1.84. The van der Waals surface area contributed by atoms with Gasteiger partial charge in [0.15, 0.2) is 0 Å². The van der Waals surface area contributed by atoms with Gasteiger partial charge in [0, 0.05) is 19.1 Å². The second kappa shape index (κ2) is 5.72. The summed E-state index contributed by atoms with van der Waals surface area (Å²) in [4.78, 5) is 2.24. The highest BCUT2D eigenvalue weighted by atomic mass is 15.1. The molecule has 3 unspecified atom stereocenters. The van der Waals surface area contributed by atoms with Gasteiger partial charge in [-0.05, 0) is 45.2 Å². The van der Waals surface area contributed by atoms with Crippen LogP contribution in [0.5, 0.6) is 0 Å². The van der Waals surface area contributed by atoms with Gasteiger partial charge in [-0.25, -0.2) is 0 Å². The molecule has 0 heterocycles. The van der Waals surface area contributed by atoms with Gasteiger partial charge in [-0.15, -0.1) is 0 Å².